The highest BCUT2D eigenvalue weighted by molar-refractivity contribution is 5.94. The van der Waals surface area contributed by atoms with Gasteiger partial charge in [-0.3, -0.25) is 14.5 Å². The third kappa shape index (κ3) is 11.5. The molecule has 0 spiro atoms. The van der Waals surface area contributed by atoms with E-state index in [9.17, 15) is 9.59 Å². The number of H-pyrrole nitrogens is 1. The van der Waals surface area contributed by atoms with Crippen LogP contribution in [0.4, 0.5) is 0 Å². The molecule has 0 radical (unpaired) electrons. The molecule has 2 saturated heterocycles. The lowest BCUT2D eigenvalue weighted by molar-refractivity contribution is -0.141. The van der Waals surface area contributed by atoms with Crippen molar-refractivity contribution in [2.45, 2.75) is 94.0 Å². The van der Waals surface area contributed by atoms with Gasteiger partial charge in [0.2, 0.25) is 0 Å². The number of piperidine rings is 1. The Balaban J connectivity index is 0.000000401. The quantitative estimate of drug-likeness (QED) is 0.269. The summed E-state index contributed by atoms with van der Waals surface area (Å²) in [6, 6.07) is 15.0. The van der Waals surface area contributed by atoms with Crippen LogP contribution in [0.15, 0.2) is 48.7 Å². The van der Waals surface area contributed by atoms with E-state index in [1.807, 2.05) is 40.0 Å². The fourth-order valence-corrected chi connectivity index (χ4v) is 6.02. The summed E-state index contributed by atoms with van der Waals surface area (Å²) in [6.45, 7) is 20.6. The largest absolute Gasteiger partial charge is 0.496 e. The lowest BCUT2D eigenvalue weighted by Crippen LogP contribution is -2.38. The van der Waals surface area contributed by atoms with Crippen molar-refractivity contribution in [3.63, 3.8) is 0 Å². The summed E-state index contributed by atoms with van der Waals surface area (Å²) >= 11 is 0. The molecule has 1 unspecified atom stereocenters. The zero-order valence-electron chi connectivity index (χ0n) is 29.8. The van der Waals surface area contributed by atoms with E-state index in [0.29, 0.717) is 30.5 Å². The minimum atomic E-state index is -0.816. The zero-order valence-corrected chi connectivity index (χ0v) is 29.8. The number of benzene rings is 2. The van der Waals surface area contributed by atoms with Crippen molar-refractivity contribution in [1.29, 1.82) is 5.26 Å². The van der Waals surface area contributed by atoms with Crippen LogP contribution in [0.1, 0.15) is 102 Å². The molecule has 8 heteroatoms. The summed E-state index contributed by atoms with van der Waals surface area (Å²) in [7, 11) is 1.78. The zero-order chi connectivity index (χ0) is 34.7. The van der Waals surface area contributed by atoms with E-state index in [4.69, 9.17) is 15.1 Å². The molecule has 5 rings (SSSR count). The standard InChI is InChI=1S/C20H30N2O.C12H13NO3.C2H3N.2C2H6/c1-5-7-20(3)8-11-22(12-9-20)14-17-16-6-10-21-19(16)15(2)13-18(17)23-4;14-11(9-4-2-1-3-5-9)13-7-6-10(8-13)12(15)16;1-2-3;2*1-2/h6,10,13,21H,5,7-9,11-12,14H2,1-4H3;1-5,10H,6-8H2,(H,15,16);1H3;2*1-2H3. The first kappa shape index (κ1) is 40.2. The number of carbonyl (C=O) groups is 2. The van der Waals surface area contributed by atoms with Gasteiger partial charge in [-0.05, 0) is 80.9 Å². The number of nitrogens with one attached hydrogen (secondary N) is 1. The number of carboxylic acid groups (broad SMARTS) is 1. The molecule has 2 fully saturated rings. The van der Waals surface area contributed by atoms with Crippen molar-refractivity contribution in [2.24, 2.45) is 11.3 Å². The number of methoxy groups -OCH3 is 1. The molecule has 0 aliphatic carbocycles. The van der Waals surface area contributed by atoms with Crippen molar-refractivity contribution in [3.05, 3.63) is 65.4 Å². The predicted octanol–water partition coefficient (Wildman–Crippen LogP) is 8.70. The third-order valence-electron chi connectivity index (χ3n) is 8.48. The Morgan fingerprint density at radius 3 is 2.22 bits per heavy atom. The smallest absolute Gasteiger partial charge is 0.308 e. The van der Waals surface area contributed by atoms with Gasteiger partial charge < -0.3 is 19.7 Å². The molecule has 254 valence electrons. The average Bonchev–Trinajstić information content (AvgIpc) is 3.78. The first-order chi connectivity index (χ1) is 22.2. The van der Waals surface area contributed by atoms with Gasteiger partial charge in [-0.15, -0.1) is 0 Å². The van der Waals surface area contributed by atoms with E-state index in [0.717, 1.165) is 12.3 Å². The minimum Gasteiger partial charge on any atom is -0.496 e. The van der Waals surface area contributed by atoms with E-state index < -0.39 is 11.9 Å². The number of carbonyl (C=O) groups excluding carboxylic acids is 1. The van der Waals surface area contributed by atoms with Crippen LogP contribution in [-0.2, 0) is 11.3 Å². The van der Waals surface area contributed by atoms with Crippen LogP contribution in [0.2, 0.25) is 0 Å². The second-order valence-electron chi connectivity index (χ2n) is 11.6. The van der Waals surface area contributed by atoms with Crippen molar-refractivity contribution < 1.29 is 19.4 Å². The first-order valence-electron chi connectivity index (χ1n) is 16.9. The number of aryl methyl sites for hydroxylation is 1. The van der Waals surface area contributed by atoms with E-state index in [1.54, 1.807) is 42.3 Å². The van der Waals surface area contributed by atoms with Crippen molar-refractivity contribution in [1.82, 2.24) is 14.8 Å². The summed E-state index contributed by atoms with van der Waals surface area (Å²) in [5, 5.41) is 17.5. The second kappa shape index (κ2) is 21.1. The Hall–Kier alpha value is -3.83. The molecule has 3 heterocycles. The molecule has 0 bridgehead atoms. The molecule has 0 saturated carbocycles. The van der Waals surface area contributed by atoms with Crippen LogP contribution >= 0.6 is 0 Å². The highest BCUT2D eigenvalue weighted by atomic mass is 16.5. The van der Waals surface area contributed by atoms with Gasteiger partial charge in [-0.25, -0.2) is 0 Å². The van der Waals surface area contributed by atoms with Crippen molar-refractivity contribution in [3.8, 4) is 11.8 Å². The summed E-state index contributed by atoms with van der Waals surface area (Å²) in [5.74, 6) is -0.281. The molecule has 1 atom stereocenters. The van der Waals surface area contributed by atoms with Gasteiger partial charge in [0.25, 0.3) is 5.91 Å². The molecule has 2 aromatic carbocycles. The van der Waals surface area contributed by atoms with E-state index in [1.165, 1.54) is 67.7 Å². The average molecular weight is 635 g/mol. The van der Waals surface area contributed by atoms with Crippen LogP contribution in [0.5, 0.6) is 5.75 Å². The molecule has 3 aromatic rings. The second-order valence-corrected chi connectivity index (χ2v) is 11.6. The predicted molar refractivity (Wildman–Crippen MR) is 189 cm³/mol. The number of nitrogens with zero attached hydrogens (tertiary/aromatic N) is 3. The molecule has 1 aromatic heterocycles. The number of nitriles is 1. The highest BCUT2D eigenvalue weighted by Gasteiger charge is 2.31. The van der Waals surface area contributed by atoms with Crippen LogP contribution in [-0.4, -0.2) is 65.1 Å². The minimum absolute atomic E-state index is 0.0793. The summed E-state index contributed by atoms with van der Waals surface area (Å²) in [6.07, 6.45) is 7.86. The van der Waals surface area contributed by atoms with Gasteiger partial charge in [0.15, 0.2) is 0 Å². The van der Waals surface area contributed by atoms with Gasteiger partial charge in [0.1, 0.15) is 5.75 Å². The van der Waals surface area contributed by atoms with Gasteiger partial charge in [-0.2, -0.15) is 5.26 Å². The summed E-state index contributed by atoms with van der Waals surface area (Å²) in [4.78, 5) is 30.3. The van der Waals surface area contributed by atoms with E-state index in [2.05, 4.69) is 42.8 Å². The lowest BCUT2D eigenvalue weighted by atomic mass is 9.77. The fourth-order valence-electron chi connectivity index (χ4n) is 6.02. The van der Waals surface area contributed by atoms with Gasteiger partial charge in [-0.1, -0.05) is 66.2 Å². The number of rotatable bonds is 7. The number of amides is 1. The molecular formula is C38H58N4O4. The number of ether oxygens (including phenoxy) is 1. The number of aromatic amines is 1. The Bertz CT molecular complexity index is 1350. The van der Waals surface area contributed by atoms with Gasteiger partial charge in [0, 0.05) is 54.8 Å². The number of fused-ring (bicyclic) bond motifs is 1. The number of likely N-dealkylation sites (tertiary alicyclic amines) is 2. The molecule has 8 nitrogen and oxygen atoms in total. The Morgan fingerprint density at radius 1 is 1.09 bits per heavy atom. The molecule has 2 aliphatic heterocycles. The van der Waals surface area contributed by atoms with Crippen LogP contribution in [0.25, 0.3) is 10.9 Å². The topological polar surface area (TPSA) is 110 Å². The van der Waals surface area contributed by atoms with Crippen LogP contribution in [0, 0.1) is 29.6 Å². The number of hydrogen-bond acceptors (Lipinski definition) is 5. The van der Waals surface area contributed by atoms with Gasteiger partial charge >= 0.3 is 5.97 Å². The first-order valence-corrected chi connectivity index (χ1v) is 16.9. The molecule has 1 amide bonds. The van der Waals surface area contributed by atoms with Crippen LogP contribution in [0.3, 0.4) is 0 Å². The maximum Gasteiger partial charge on any atom is 0.308 e. The third-order valence-corrected chi connectivity index (χ3v) is 8.48. The lowest BCUT2D eigenvalue weighted by Gasteiger charge is -2.39. The van der Waals surface area contributed by atoms with Crippen molar-refractivity contribution >= 4 is 22.8 Å². The molecular weight excluding hydrogens is 576 g/mol. The fraction of sp³-hybridized carbons (Fsp3) is 0.553. The molecule has 46 heavy (non-hydrogen) atoms. The Morgan fingerprint density at radius 2 is 1.70 bits per heavy atom. The normalized spacial score (nSPS) is 16.5. The maximum atomic E-state index is 11.9. The Kier molecular flexibility index (Phi) is 18.4. The van der Waals surface area contributed by atoms with Gasteiger partial charge in [0.05, 0.1) is 19.1 Å². The summed E-state index contributed by atoms with van der Waals surface area (Å²) < 4.78 is 5.68. The van der Waals surface area contributed by atoms with Crippen molar-refractivity contribution in [2.75, 3.05) is 33.3 Å². The monoisotopic (exact) mass is 634 g/mol. The maximum absolute atomic E-state index is 11.9. The molecule has 2 aliphatic rings. The van der Waals surface area contributed by atoms with Crippen LogP contribution < -0.4 is 4.74 Å². The number of aromatic nitrogens is 1. The number of hydrogen-bond donors (Lipinski definition) is 2. The SMILES string of the molecule is CC.CC.CC#N.CCCC1(C)CCN(Cc2c(OC)cc(C)c3[nH]ccc23)CC1.O=C(O)C1CCN(C(=O)c2ccccc2)C1. The van der Waals surface area contributed by atoms with E-state index >= 15 is 0 Å². The molecule has 2 N–H and O–H groups in total. The number of aliphatic carboxylic acids is 1. The highest BCUT2D eigenvalue weighted by Crippen LogP contribution is 2.37. The van der Waals surface area contributed by atoms with E-state index in [-0.39, 0.29) is 5.91 Å². The summed E-state index contributed by atoms with van der Waals surface area (Å²) in [5.41, 5.74) is 4.99. The number of carboxylic acids is 1. The Labute approximate surface area is 277 Å².